The number of fused-ring (bicyclic) bond motifs is 7. The molecule has 2 heteroatoms. The van der Waals surface area contributed by atoms with Crippen molar-refractivity contribution in [2.45, 2.75) is 12.0 Å². The van der Waals surface area contributed by atoms with Crippen molar-refractivity contribution in [1.29, 1.82) is 0 Å². The van der Waals surface area contributed by atoms with Crippen LogP contribution >= 0.6 is 0 Å². The van der Waals surface area contributed by atoms with Crippen LogP contribution < -0.4 is 4.74 Å². The number of furan rings is 1. The first kappa shape index (κ1) is 25.5. The summed E-state index contributed by atoms with van der Waals surface area (Å²) < 4.78 is 12.8. The Morgan fingerprint density at radius 2 is 1.11 bits per heavy atom. The highest BCUT2D eigenvalue weighted by Crippen LogP contribution is 2.48. The molecular formula is C44H28O2. The lowest BCUT2D eigenvalue weighted by molar-refractivity contribution is 0.269. The zero-order valence-electron chi connectivity index (χ0n) is 25.0. The molecule has 0 bridgehead atoms. The van der Waals surface area contributed by atoms with Crippen LogP contribution in [-0.2, 0) is 0 Å². The third kappa shape index (κ3) is 3.77. The largest absolute Gasteiger partial charge is 0.485 e. The number of benzene rings is 7. The number of hydrogen-bond donors (Lipinski definition) is 0. The van der Waals surface area contributed by atoms with E-state index in [1.54, 1.807) is 0 Å². The Hall–Kier alpha value is -5.86. The van der Waals surface area contributed by atoms with E-state index in [1.165, 1.54) is 60.1 Å². The van der Waals surface area contributed by atoms with Crippen LogP contribution in [0.1, 0.15) is 11.5 Å². The molecule has 2 nitrogen and oxygen atoms in total. The minimum Gasteiger partial charge on any atom is -0.485 e. The van der Waals surface area contributed by atoms with Gasteiger partial charge in [-0.15, -0.1) is 0 Å². The molecule has 1 aromatic heterocycles. The Kier molecular flexibility index (Phi) is 5.44. The Bertz CT molecular complexity index is 2520. The average Bonchev–Trinajstić information content (AvgIpc) is 3.72. The van der Waals surface area contributed by atoms with E-state index in [2.05, 4.69) is 158 Å². The standard InChI is InChI=1S/C44H28O2/c1-2-11-28-24-29(21-20-27(28)10-1)42-32-12-3-5-14-34(32)43(35-15-6-4-13-33(35)42)30-22-23-38-31(25-30)26-41(45-38)37-17-9-19-40-44(37)36-16-7-8-18-39(36)46-40/h1-26,36,39H. The van der Waals surface area contributed by atoms with Gasteiger partial charge in [0.05, 0.1) is 0 Å². The fraction of sp³-hybridized carbons (Fsp3) is 0.0455. The van der Waals surface area contributed by atoms with E-state index in [4.69, 9.17) is 9.15 Å². The van der Waals surface area contributed by atoms with E-state index in [9.17, 15) is 0 Å². The quantitative estimate of drug-likeness (QED) is 0.192. The van der Waals surface area contributed by atoms with E-state index >= 15 is 0 Å². The third-order valence-corrected chi connectivity index (χ3v) is 9.79. The fourth-order valence-corrected chi connectivity index (χ4v) is 7.74. The van der Waals surface area contributed by atoms with Crippen molar-refractivity contribution < 1.29 is 9.15 Å². The second kappa shape index (κ2) is 9.82. The van der Waals surface area contributed by atoms with Crippen LogP contribution in [0.4, 0.5) is 0 Å². The lowest BCUT2D eigenvalue weighted by atomic mass is 9.85. The number of hydrogen-bond acceptors (Lipinski definition) is 2. The Morgan fingerprint density at radius 3 is 1.85 bits per heavy atom. The van der Waals surface area contributed by atoms with Crippen molar-refractivity contribution in [3.05, 3.63) is 163 Å². The van der Waals surface area contributed by atoms with Crippen LogP contribution in [0.2, 0.25) is 0 Å². The normalized spacial score (nSPS) is 16.7. The second-order valence-electron chi connectivity index (χ2n) is 12.4. The molecule has 0 N–H and O–H groups in total. The monoisotopic (exact) mass is 588 g/mol. The fourth-order valence-electron chi connectivity index (χ4n) is 7.74. The molecule has 2 atom stereocenters. The van der Waals surface area contributed by atoms with E-state index < -0.39 is 0 Å². The van der Waals surface area contributed by atoms with Crippen LogP contribution in [0.5, 0.6) is 5.75 Å². The molecule has 10 rings (SSSR count). The first-order valence-corrected chi connectivity index (χ1v) is 15.9. The Balaban J connectivity index is 1.17. The molecule has 216 valence electrons. The maximum absolute atomic E-state index is 6.54. The Labute approximate surface area is 266 Å². The minimum absolute atomic E-state index is 0.0382. The highest BCUT2D eigenvalue weighted by Gasteiger charge is 2.35. The number of allylic oxidation sites excluding steroid dienone is 2. The predicted octanol–water partition coefficient (Wildman–Crippen LogP) is 11.9. The summed E-state index contributed by atoms with van der Waals surface area (Å²) in [6, 6.07) is 48.2. The maximum Gasteiger partial charge on any atom is 0.135 e. The van der Waals surface area contributed by atoms with E-state index in [0.29, 0.717) is 0 Å². The summed E-state index contributed by atoms with van der Waals surface area (Å²) in [6.45, 7) is 0. The third-order valence-electron chi connectivity index (χ3n) is 9.79. The van der Waals surface area contributed by atoms with Gasteiger partial charge in [0.2, 0.25) is 0 Å². The van der Waals surface area contributed by atoms with E-state index in [-0.39, 0.29) is 12.0 Å². The van der Waals surface area contributed by atoms with Gasteiger partial charge in [-0.05, 0) is 91.0 Å². The second-order valence-corrected chi connectivity index (χ2v) is 12.4. The molecule has 0 saturated heterocycles. The van der Waals surface area contributed by atoms with Gasteiger partial charge in [0.15, 0.2) is 0 Å². The first-order valence-electron chi connectivity index (χ1n) is 15.9. The molecule has 1 aliphatic carbocycles. The van der Waals surface area contributed by atoms with Gasteiger partial charge in [0.25, 0.3) is 0 Å². The van der Waals surface area contributed by atoms with Crippen molar-refractivity contribution >= 4 is 43.3 Å². The highest BCUT2D eigenvalue weighted by molar-refractivity contribution is 6.22. The van der Waals surface area contributed by atoms with Gasteiger partial charge in [-0.25, -0.2) is 0 Å². The SMILES string of the molecule is C1=CC2Oc3cccc(-c4cc5cc(-c6c7ccccc7c(-c7ccc8ccccc8c7)c7ccccc67)ccc5o4)c3C2C=C1. The summed E-state index contributed by atoms with van der Waals surface area (Å²) in [6.07, 6.45) is 8.59. The average molecular weight is 589 g/mol. The minimum atomic E-state index is 0.0382. The molecule has 0 spiro atoms. The highest BCUT2D eigenvalue weighted by atomic mass is 16.5. The van der Waals surface area contributed by atoms with Gasteiger partial charge in [-0.1, -0.05) is 121 Å². The molecular weight excluding hydrogens is 560 g/mol. The summed E-state index contributed by atoms with van der Waals surface area (Å²) in [5, 5.41) is 8.59. The zero-order chi connectivity index (χ0) is 30.2. The van der Waals surface area contributed by atoms with Gasteiger partial charge in [0, 0.05) is 22.4 Å². The molecule has 8 aromatic rings. The molecule has 2 heterocycles. The zero-order valence-corrected chi connectivity index (χ0v) is 25.0. The summed E-state index contributed by atoms with van der Waals surface area (Å²) in [4.78, 5) is 0. The van der Waals surface area contributed by atoms with Crippen LogP contribution in [0.15, 0.2) is 162 Å². The van der Waals surface area contributed by atoms with Gasteiger partial charge >= 0.3 is 0 Å². The molecule has 0 radical (unpaired) electrons. The van der Waals surface area contributed by atoms with Gasteiger partial charge in [0.1, 0.15) is 23.2 Å². The van der Waals surface area contributed by atoms with Crippen LogP contribution in [0, 0.1) is 0 Å². The molecule has 0 amide bonds. The predicted molar refractivity (Wildman–Crippen MR) is 190 cm³/mol. The van der Waals surface area contributed by atoms with Crippen molar-refractivity contribution in [2.24, 2.45) is 0 Å². The summed E-state index contributed by atoms with van der Waals surface area (Å²) in [7, 11) is 0. The maximum atomic E-state index is 6.54. The van der Waals surface area contributed by atoms with Crippen molar-refractivity contribution in [3.8, 4) is 39.3 Å². The number of rotatable bonds is 3. The Morgan fingerprint density at radius 1 is 0.478 bits per heavy atom. The lowest BCUT2D eigenvalue weighted by Gasteiger charge is -2.18. The molecule has 2 aliphatic rings. The number of ether oxygens (including phenoxy) is 1. The lowest BCUT2D eigenvalue weighted by Crippen LogP contribution is -2.15. The van der Waals surface area contributed by atoms with Crippen LogP contribution in [-0.4, -0.2) is 6.10 Å². The van der Waals surface area contributed by atoms with Crippen molar-refractivity contribution in [2.75, 3.05) is 0 Å². The van der Waals surface area contributed by atoms with Crippen molar-refractivity contribution in [3.63, 3.8) is 0 Å². The summed E-state index contributed by atoms with van der Waals surface area (Å²) in [5.74, 6) is 2.01. The first-order chi connectivity index (χ1) is 22.8. The topological polar surface area (TPSA) is 22.4 Å². The summed E-state index contributed by atoms with van der Waals surface area (Å²) in [5.41, 5.74) is 8.12. The molecule has 46 heavy (non-hydrogen) atoms. The molecule has 1 aliphatic heterocycles. The van der Waals surface area contributed by atoms with Crippen molar-refractivity contribution in [1.82, 2.24) is 0 Å². The molecule has 0 fully saturated rings. The smallest absolute Gasteiger partial charge is 0.135 e. The van der Waals surface area contributed by atoms with E-state index in [0.717, 1.165) is 28.0 Å². The van der Waals surface area contributed by atoms with Crippen LogP contribution in [0.25, 0.3) is 76.9 Å². The van der Waals surface area contributed by atoms with Gasteiger partial charge in [-0.3, -0.25) is 0 Å². The van der Waals surface area contributed by atoms with Gasteiger partial charge in [-0.2, -0.15) is 0 Å². The molecule has 7 aromatic carbocycles. The summed E-state index contributed by atoms with van der Waals surface area (Å²) >= 11 is 0. The van der Waals surface area contributed by atoms with Crippen LogP contribution in [0.3, 0.4) is 0 Å². The molecule has 0 saturated carbocycles. The van der Waals surface area contributed by atoms with Gasteiger partial charge < -0.3 is 9.15 Å². The van der Waals surface area contributed by atoms with E-state index in [1.807, 2.05) is 0 Å². The molecule has 2 unspecified atom stereocenters.